The molecule has 0 saturated carbocycles. The molecule has 2 aromatic rings. The van der Waals surface area contributed by atoms with E-state index in [1.807, 2.05) is 12.1 Å². The average Bonchev–Trinajstić information content (AvgIpc) is 2.82. The Kier molecular flexibility index (Phi) is 5.30. The number of hydrogen-bond acceptors (Lipinski definition) is 2. The van der Waals surface area contributed by atoms with E-state index in [1.54, 1.807) is 7.11 Å². The first-order valence-corrected chi connectivity index (χ1v) is 7.89. The zero-order chi connectivity index (χ0) is 14.5. The van der Waals surface area contributed by atoms with Crippen LogP contribution < -0.4 is 4.74 Å². The molecule has 0 saturated heterocycles. The summed E-state index contributed by atoms with van der Waals surface area (Å²) in [6.07, 6.45) is 4.24. The summed E-state index contributed by atoms with van der Waals surface area (Å²) in [7, 11) is 1.70. The first-order chi connectivity index (χ1) is 9.74. The van der Waals surface area contributed by atoms with Gasteiger partial charge in [-0.1, -0.05) is 20.3 Å². The van der Waals surface area contributed by atoms with Gasteiger partial charge in [-0.3, -0.25) is 0 Å². The van der Waals surface area contributed by atoms with Crippen molar-refractivity contribution >= 4 is 22.6 Å². The SMILES string of the molecule is CCCC(CC)n1c(CCCl)nc2ccc(OC)cc21. The topological polar surface area (TPSA) is 27.1 Å². The van der Waals surface area contributed by atoms with Crippen molar-refractivity contribution in [1.82, 2.24) is 9.55 Å². The molecule has 4 heteroatoms. The van der Waals surface area contributed by atoms with Crippen molar-refractivity contribution in [3.05, 3.63) is 24.0 Å². The van der Waals surface area contributed by atoms with Crippen molar-refractivity contribution in [2.24, 2.45) is 0 Å². The molecule has 110 valence electrons. The number of imidazole rings is 1. The van der Waals surface area contributed by atoms with Crippen LogP contribution in [0.5, 0.6) is 5.75 Å². The highest BCUT2D eigenvalue weighted by Crippen LogP contribution is 2.29. The molecule has 0 aliphatic carbocycles. The lowest BCUT2D eigenvalue weighted by Crippen LogP contribution is -2.12. The smallest absolute Gasteiger partial charge is 0.121 e. The summed E-state index contributed by atoms with van der Waals surface area (Å²) in [5.41, 5.74) is 2.19. The molecule has 0 spiro atoms. The van der Waals surface area contributed by atoms with Crippen LogP contribution in [-0.2, 0) is 6.42 Å². The fraction of sp³-hybridized carbons (Fsp3) is 0.562. The van der Waals surface area contributed by atoms with Gasteiger partial charge in [0.05, 0.1) is 18.1 Å². The van der Waals surface area contributed by atoms with Gasteiger partial charge in [0, 0.05) is 24.4 Å². The van der Waals surface area contributed by atoms with Crippen LogP contribution >= 0.6 is 11.6 Å². The number of aromatic nitrogens is 2. The molecule has 1 atom stereocenters. The number of nitrogens with zero attached hydrogens (tertiary/aromatic N) is 2. The molecule has 1 aromatic heterocycles. The molecule has 0 aliphatic rings. The average molecular weight is 295 g/mol. The van der Waals surface area contributed by atoms with Crippen LogP contribution in [0.25, 0.3) is 11.0 Å². The van der Waals surface area contributed by atoms with Crippen LogP contribution in [0.15, 0.2) is 18.2 Å². The number of aryl methyl sites for hydroxylation is 1. The van der Waals surface area contributed by atoms with Crippen LogP contribution in [0, 0.1) is 0 Å². The summed E-state index contributed by atoms with van der Waals surface area (Å²) in [6, 6.07) is 6.56. The standard InChI is InChI=1S/C16H23ClN2O/c1-4-6-12(5-2)19-15-11-13(20-3)7-8-14(15)18-16(19)9-10-17/h7-8,11-12H,4-6,9-10H2,1-3H3. The lowest BCUT2D eigenvalue weighted by molar-refractivity contribution is 0.414. The highest BCUT2D eigenvalue weighted by atomic mass is 35.5. The number of alkyl halides is 1. The van der Waals surface area contributed by atoms with E-state index in [1.165, 1.54) is 6.42 Å². The van der Waals surface area contributed by atoms with Crippen molar-refractivity contribution in [1.29, 1.82) is 0 Å². The molecule has 0 radical (unpaired) electrons. The quantitative estimate of drug-likeness (QED) is 0.699. The van der Waals surface area contributed by atoms with Gasteiger partial charge < -0.3 is 9.30 Å². The van der Waals surface area contributed by atoms with E-state index >= 15 is 0 Å². The molecule has 0 fully saturated rings. The summed E-state index contributed by atoms with van der Waals surface area (Å²) in [4.78, 5) is 4.75. The van der Waals surface area contributed by atoms with E-state index in [-0.39, 0.29) is 0 Å². The lowest BCUT2D eigenvalue weighted by atomic mass is 10.1. The second-order valence-corrected chi connectivity index (χ2v) is 5.42. The molecular formula is C16H23ClN2O. The maximum atomic E-state index is 5.94. The number of benzene rings is 1. The number of rotatable bonds is 7. The first-order valence-electron chi connectivity index (χ1n) is 7.35. The molecule has 0 N–H and O–H groups in total. The molecule has 0 aliphatic heterocycles. The highest BCUT2D eigenvalue weighted by molar-refractivity contribution is 6.17. The molecular weight excluding hydrogens is 272 g/mol. The van der Waals surface area contributed by atoms with E-state index in [0.29, 0.717) is 11.9 Å². The van der Waals surface area contributed by atoms with Crippen LogP contribution in [0.3, 0.4) is 0 Å². The fourth-order valence-electron chi connectivity index (χ4n) is 2.77. The summed E-state index contributed by atoms with van der Waals surface area (Å²) in [5, 5.41) is 0. The zero-order valence-electron chi connectivity index (χ0n) is 12.5. The van der Waals surface area contributed by atoms with Gasteiger partial charge in [0.1, 0.15) is 11.6 Å². The van der Waals surface area contributed by atoms with Gasteiger partial charge in [-0.2, -0.15) is 0 Å². The second-order valence-electron chi connectivity index (χ2n) is 5.04. The van der Waals surface area contributed by atoms with Crippen molar-refractivity contribution in [3.63, 3.8) is 0 Å². The van der Waals surface area contributed by atoms with E-state index in [9.17, 15) is 0 Å². The first kappa shape index (κ1) is 15.2. The molecule has 1 heterocycles. The third-order valence-corrected chi connectivity index (χ3v) is 3.94. The lowest BCUT2D eigenvalue weighted by Gasteiger charge is -2.20. The maximum Gasteiger partial charge on any atom is 0.121 e. The van der Waals surface area contributed by atoms with Crippen molar-refractivity contribution in [2.45, 2.75) is 45.6 Å². The van der Waals surface area contributed by atoms with Crippen LogP contribution in [0.4, 0.5) is 0 Å². The molecule has 1 unspecified atom stereocenters. The minimum absolute atomic E-state index is 0.482. The van der Waals surface area contributed by atoms with Crippen molar-refractivity contribution < 1.29 is 4.74 Å². The zero-order valence-corrected chi connectivity index (χ0v) is 13.3. The summed E-state index contributed by atoms with van der Waals surface area (Å²) < 4.78 is 7.72. The maximum absolute atomic E-state index is 5.94. The number of methoxy groups -OCH3 is 1. The van der Waals surface area contributed by atoms with Crippen LogP contribution in [-0.4, -0.2) is 22.5 Å². The van der Waals surface area contributed by atoms with Crippen molar-refractivity contribution in [2.75, 3.05) is 13.0 Å². The van der Waals surface area contributed by atoms with Gasteiger partial charge in [-0.15, -0.1) is 11.6 Å². The minimum atomic E-state index is 0.482. The van der Waals surface area contributed by atoms with Gasteiger partial charge in [0.25, 0.3) is 0 Å². The third-order valence-electron chi connectivity index (χ3n) is 3.75. The van der Waals surface area contributed by atoms with Gasteiger partial charge in [-0.05, 0) is 25.0 Å². The summed E-state index contributed by atoms with van der Waals surface area (Å²) in [5.74, 6) is 2.56. The van der Waals surface area contributed by atoms with Gasteiger partial charge in [0.2, 0.25) is 0 Å². The Hall–Kier alpha value is -1.22. The number of fused-ring (bicyclic) bond motifs is 1. The van der Waals surface area contributed by atoms with Crippen LogP contribution in [0.1, 0.15) is 45.0 Å². The molecule has 20 heavy (non-hydrogen) atoms. The molecule has 0 bridgehead atoms. The Morgan fingerprint density at radius 2 is 2.15 bits per heavy atom. The minimum Gasteiger partial charge on any atom is -0.497 e. The predicted octanol–water partition coefficient (Wildman–Crippen LogP) is 4.58. The molecule has 3 nitrogen and oxygen atoms in total. The Labute approximate surface area is 125 Å². The Balaban J connectivity index is 2.58. The van der Waals surface area contributed by atoms with Crippen molar-refractivity contribution in [3.8, 4) is 5.75 Å². The number of halogens is 1. The second kappa shape index (κ2) is 6.98. The fourth-order valence-corrected chi connectivity index (χ4v) is 2.94. The largest absolute Gasteiger partial charge is 0.497 e. The Morgan fingerprint density at radius 1 is 1.35 bits per heavy atom. The Morgan fingerprint density at radius 3 is 2.75 bits per heavy atom. The van der Waals surface area contributed by atoms with Gasteiger partial charge in [0.15, 0.2) is 0 Å². The van der Waals surface area contributed by atoms with E-state index < -0.39 is 0 Å². The third kappa shape index (κ3) is 2.93. The van der Waals surface area contributed by atoms with E-state index in [0.717, 1.165) is 41.9 Å². The van der Waals surface area contributed by atoms with Gasteiger partial charge >= 0.3 is 0 Å². The predicted molar refractivity (Wildman–Crippen MR) is 84.9 cm³/mol. The summed E-state index contributed by atoms with van der Waals surface area (Å²) in [6.45, 7) is 4.46. The number of hydrogen-bond donors (Lipinski definition) is 0. The van der Waals surface area contributed by atoms with Gasteiger partial charge in [-0.25, -0.2) is 4.98 Å². The number of ether oxygens (including phenoxy) is 1. The Bertz CT molecular complexity index is 565. The normalized spacial score (nSPS) is 12.8. The molecule has 2 rings (SSSR count). The highest BCUT2D eigenvalue weighted by Gasteiger charge is 2.17. The van der Waals surface area contributed by atoms with E-state index in [2.05, 4.69) is 24.5 Å². The monoisotopic (exact) mass is 294 g/mol. The van der Waals surface area contributed by atoms with E-state index in [4.69, 9.17) is 21.3 Å². The summed E-state index contributed by atoms with van der Waals surface area (Å²) >= 11 is 5.94. The molecule has 1 aromatic carbocycles. The van der Waals surface area contributed by atoms with Crippen LogP contribution in [0.2, 0.25) is 0 Å². The molecule has 0 amide bonds.